The minimum Gasteiger partial charge on any atom is -0.478 e. The molecule has 1 heterocycles. The Balaban J connectivity index is 2.05. The first-order valence-corrected chi connectivity index (χ1v) is 9.08. The van der Waals surface area contributed by atoms with Gasteiger partial charge in [0.25, 0.3) is 5.91 Å². The van der Waals surface area contributed by atoms with E-state index in [0.29, 0.717) is 11.3 Å². The summed E-state index contributed by atoms with van der Waals surface area (Å²) in [7, 11) is 1.27. The Kier molecular flexibility index (Phi) is 5.64. The van der Waals surface area contributed by atoms with Crippen LogP contribution in [-0.4, -0.2) is 35.0 Å². The van der Waals surface area contributed by atoms with E-state index in [1.54, 1.807) is 30.0 Å². The van der Waals surface area contributed by atoms with Crippen molar-refractivity contribution in [2.24, 2.45) is 0 Å². The summed E-state index contributed by atoms with van der Waals surface area (Å²) in [5.41, 5.74) is 2.65. The van der Waals surface area contributed by atoms with Crippen LogP contribution in [0.4, 0.5) is 0 Å². The number of esters is 1. The van der Waals surface area contributed by atoms with Crippen molar-refractivity contribution in [3.05, 3.63) is 88.1 Å². The molecule has 0 aliphatic carbocycles. The summed E-state index contributed by atoms with van der Waals surface area (Å²) < 4.78 is 4.91. The number of hydrogen-bond donors (Lipinski definition) is 1. The Bertz CT molecular complexity index is 1020. The van der Waals surface area contributed by atoms with Crippen molar-refractivity contribution in [3.63, 3.8) is 0 Å². The molecule has 1 aliphatic heterocycles. The van der Waals surface area contributed by atoms with Gasteiger partial charge in [-0.25, -0.2) is 9.59 Å². The quantitative estimate of drug-likeness (QED) is 0.619. The Labute approximate surface area is 168 Å². The van der Waals surface area contributed by atoms with Crippen LogP contribution in [0.15, 0.2) is 71.4 Å². The van der Waals surface area contributed by atoms with Crippen LogP contribution in [0.2, 0.25) is 0 Å². The fraction of sp³-hybridized carbons (Fsp3) is 0.174. The Morgan fingerprint density at radius 2 is 1.69 bits per heavy atom. The van der Waals surface area contributed by atoms with E-state index >= 15 is 0 Å². The first-order chi connectivity index (χ1) is 13.8. The molecule has 2 aromatic carbocycles. The van der Waals surface area contributed by atoms with Gasteiger partial charge in [-0.15, -0.1) is 0 Å². The zero-order chi connectivity index (χ0) is 21.1. The largest absolute Gasteiger partial charge is 0.478 e. The van der Waals surface area contributed by atoms with Crippen molar-refractivity contribution in [2.75, 3.05) is 7.11 Å². The molecule has 0 radical (unpaired) electrons. The van der Waals surface area contributed by atoms with Crippen LogP contribution in [0.5, 0.6) is 0 Å². The summed E-state index contributed by atoms with van der Waals surface area (Å²) in [4.78, 5) is 38.3. The van der Waals surface area contributed by atoms with Gasteiger partial charge in [-0.1, -0.05) is 42.5 Å². The molecule has 1 amide bonds. The van der Waals surface area contributed by atoms with Gasteiger partial charge < -0.3 is 14.7 Å². The fourth-order valence-electron chi connectivity index (χ4n) is 3.43. The van der Waals surface area contributed by atoms with E-state index in [1.807, 2.05) is 37.3 Å². The molecule has 0 unspecified atom stereocenters. The standard InChI is InChI=1S/C23H21NO5/c1-14(17-7-5-4-6-8-17)24-15(2)20(23(28)29-3)19(21(24)25)13-16-9-11-18(12-10-16)22(26)27/h4-14H,1-3H3,(H,26,27)/b19-13-/t14-/m0/s1. The summed E-state index contributed by atoms with van der Waals surface area (Å²) in [5, 5.41) is 9.04. The summed E-state index contributed by atoms with van der Waals surface area (Å²) in [6, 6.07) is 15.4. The molecule has 6 heteroatoms. The Hall–Kier alpha value is -3.67. The van der Waals surface area contributed by atoms with Gasteiger partial charge >= 0.3 is 11.9 Å². The van der Waals surface area contributed by atoms with E-state index in [-0.39, 0.29) is 28.7 Å². The number of benzene rings is 2. The molecule has 1 N–H and O–H groups in total. The highest BCUT2D eigenvalue weighted by molar-refractivity contribution is 6.16. The Morgan fingerprint density at radius 3 is 2.24 bits per heavy atom. The SMILES string of the molecule is COC(=O)C1=C(C)N([C@@H](C)c2ccccc2)C(=O)/C1=C\c1ccc(C(=O)O)cc1. The van der Waals surface area contributed by atoms with Gasteiger partial charge in [0.05, 0.1) is 29.9 Å². The number of nitrogens with zero attached hydrogens (tertiary/aromatic N) is 1. The molecule has 148 valence electrons. The smallest absolute Gasteiger partial charge is 0.340 e. The van der Waals surface area contributed by atoms with Crippen molar-refractivity contribution in [2.45, 2.75) is 19.9 Å². The molecule has 29 heavy (non-hydrogen) atoms. The number of methoxy groups -OCH3 is 1. The van der Waals surface area contributed by atoms with Crippen LogP contribution < -0.4 is 0 Å². The molecule has 0 aromatic heterocycles. The van der Waals surface area contributed by atoms with Crippen molar-refractivity contribution in [1.82, 2.24) is 4.90 Å². The van der Waals surface area contributed by atoms with Crippen LogP contribution in [0.3, 0.4) is 0 Å². The monoisotopic (exact) mass is 391 g/mol. The van der Waals surface area contributed by atoms with Crippen molar-refractivity contribution in [3.8, 4) is 0 Å². The van der Waals surface area contributed by atoms with Gasteiger partial charge in [-0.05, 0) is 43.2 Å². The number of carboxylic acids is 1. The second-order valence-corrected chi connectivity index (χ2v) is 6.70. The van der Waals surface area contributed by atoms with E-state index in [0.717, 1.165) is 5.56 Å². The van der Waals surface area contributed by atoms with E-state index in [1.165, 1.54) is 19.2 Å². The maximum Gasteiger partial charge on any atom is 0.340 e. The molecule has 0 saturated heterocycles. The van der Waals surface area contributed by atoms with Gasteiger partial charge in [-0.3, -0.25) is 4.79 Å². The highest BCUT2D eigenvalue weighted by Crippen LogP contribution is 2.37. The number of amides is 1. The second kappa shape index (κ2) is 8.14. The van der Waals surface area contributed by atoms with Gasteiger partial charge in [0.2, 0.25) is 0 Å². The highest BCUT2D eigenvalue weighted by Gasteiger charge is 2.39. The lowest BCUT2D eigenvalue weighted by atomic mass is 10.0. The van der Waals surface area contributed by atoms with E-state index in [4.69, 9.17) is 9.84 Å². The molecule has 0 saturated carbocycles. The number of carbonyl (C=O) groups is 3. The lowest BCUT2D eigenvalue weighted by Gasteiger charge is -2.26. The van der Waals surface area contributed by atoms with E-state index in [2.05, 4.69) is 0 Å². The third-order valence-corrected chi connectivity index (χ3v) is 4.97. The van der Waals surface area contributed by atoms with Crippen LogP contribution in [-0.2, 0) is 14.3 Å². The third kappa shape index (κ3) is 3.82. The first kappa shape index (κ1) is 20.1. The van der Waals surface area contributed by atoms with Crippen molar-refractivity contribution in [1.29, 1.82) is 0 Å². The number of hydrogen-bond acceptors (Lipinski definition) is 4. The van der Waals surface area contributed by atoms with Crippen LogP contribution in [0.1, 0.15) is 41.4 Å². The molecule has 2 aromatic rings. The molecule has 6 nitrogen and oxygen atoms in total. The van der Waals surface area contributed by atoms with E-state index in [9.17, 15) is 14.4 Å². The van der Waals surface area contributed by atoms with Gasteiger partial charge in [0.1, 0.15) is 0 Å². The highest BCUT2D eigenvalue weighted by atomic mass is 16.5. The Morgan fingerprint density at radius 1 is 1.07 bits per heavy atom. The maximum absolute atomic E-state index is 13.3. The molecule has 1 aliphatic rings. The molecule has 1 atom stereocenters. The molecule has 0 fully saturated rings. The maximum atomic E-state index is 13.3. The normalized spacial score (nSPS) is 16.3. The molecule has 0 bridgehead atoms. The van der Waals surface area contributed by atoms with E-state index < -0.39 is 11.9 Å². The zero-order valence-electron chi connectivity index (χ0n) is 16.4. The van der Waals surface area contributed by atoms with Gasteiger partial charge in [0, 0.05) is 5.70 Å². The molecule has 3 rings (SSSR count). The van der Waals surface area contributed by atoms with Crippen LogP contribution in [0, 0.1) is 0 Å². The molecule has 0 spiro atoms. The minimum absolute atomic E-state index is 0.143. The topological polar surface area (TPSA) is 83.9 Å². The summed E-state index contributed by atoms with van der Waals surface area (Å²) >= 11 is 0. The van der Waals surface area contributed by atoms with Crippen LogP contribution in [0.25, 0.3) is 6.08 Å². The van der Waals surface area contributed by atoms with Gasteiger partial charge in [0.15, 0.2) is 0 Å². The fourth-order valence-corrected chi connectivity index (χ4v) is 3.43. The average Bonchev–Trinajstić information content (AvgIpc) is 2.97. The lowest BCUT2D eigenvalue weighted by molar-refractivity contribution is -0.136. The second-order valence-electron chi connectivity index (χ2n) is 6.70. The lowest BCUT2D eigenvalue weighted by Crippen LogP contribution is -2.28. The van der Waals surface area contributed by atoms with Gasteiger partial charge in [-0.2, -0.15) is 0 Å². The number of aromatic carboxylic acids is 1. The summed E-state index contributed by atoms with van der Waals surface area (Å²) in [6.45, 7) is 3.62. The predicted molar refractivity (Wildman–Crippen MR) is 108 cm³/mol. The number of allylic oxidation sites excluding steroid dienone is 1. The van der Waals surface area contributed by atoms with Crippen LogP contribution >= 0.6 is 0 Å². The third-order valence-electron chi connectivity index (χ3n) is 4.97. The summed E-state index contributed by atoms with van der Waals surface area (Å²) in [6.07, 6.45) is 1.58. The minimum atomic E-state index is -1.03. The number of rotatable bonds is 5. The zero-order valence-corrected chi connectivity index (χ0v) is 16.4. The molecular formula is C23H21NO5. The first-order valence-electron chi connectivity index (χ1n) is 9.08. The summed E-state index contributed by atoms with van der Waals surface area (Å²) in [5.74, 6) is -1.93. The molecular weight excluding hydrogens is 370 g/mol. The predicted octanol–water partition coefficient (Wildman–Crippen LogP) is 3.82. The number of carboxylic acid groups (broad SMARTS) is 1. The average molecular weight is 391 g/mol. The number of ether oxygens (including phenoxy) is 1. The van der Waals surface area contributed by atoms with Crippen molar-refractivity contribution >= 4 is 23.9 Å². The number of carbonyl (C=O) groups excluding carboxylic acids is 2. The van der Waals surface area contributed by atoms with Crippen molar-refractivity contribution < 1.29 is 24.2 Å².